The molecule has 7 heteroatoms. The largest absolute Gasteiger partial charge is 0.356 e. The third kappa shape index (κ3) is 5.06. The van der Waals surface area contributed by atoms with Crippen molar-refractivity contribution in [2.24, 2.45) is 7.05 Å². The van der Waals surface area contributed by atoms with E-state index in [4.69, 9.17) is 0 Å². The average Bonchev–Trinajstić information content (AvgIpc) is 2.81. The van der Waals surface area contributed by atoms with Crippen molar-refractivity contribution < 1.29 is 4.79 Å². The molecule has 0 bridgehead atoms. The molecular formula is C25H31N5O2. The smallest absolute Gasteiger partial charge is 0.274 e. The van der Waals surface area contributed by atoms with Gasteiger partial charge in [-0.2, -0.15) is 5.10 Å². The number of carbonyl (C=O) groups excluding carboxylic acids is 1. The number of amides is 1. The first-order valence-corrected chi connectivity index (χ1v) is 11.2. The number of nitrogens with zero attached hydrogens (tertiary/aromatic N) is 4. The van der Waals surface area contributed by atoms with E-state index in [9.17, 15) is 9.59 Å². The third-order valence-electron chi connectivity index (χ3n) is 6.18. The van der Waals surface area contributed by atoms with Crippen molar-refractivity contribution in [2.75, 3.05) is 39.8 Å². The molecule has 1 unspecified atom stereocenters. The van der Waals surface area contributed by atoms with Crippen molar-refractivity contribution in [1.82, 2.24) is 24.9 Å². The first-order valence-electron chi connectivity index (χ1n) is 11.2. The topological polar surface area (TPSA) is 70.5 Å². The van der Waals surface area contributed by atoms with Crippen LogP contribution in [0.4, 0.5) is 0 Å². The predicted octanol–water partition coefficient (Wildman–Crippen LogP) is 1.97. The van der Waals surface area contributed by atoms with Crippen molar-refractivity contribution >= 4 is 16.7 Å². The Morgan fingerprint density at radius 1 is 1.03 bits per heavy atom. The summed E-state index contributed by atoms with van der Waals surface area (Å²) in [5.74, 6) is -0.0701. The fourth-order valence-electron chi connectivity index (χ4n) is 4.45. The van der Waals surface area contributed by atoms with Crippen LogP contribution in [-0.4, -0.2) is 65.3 Å². The Kier molecular flexibility index (Phi) is 6.97. The number of rotatable bonds is 7. The van der Waals surface area contributed by atoms with E-state index >= 15 is 0 Å². The number of likely N-dealkylation sites (N-methyl/N-ethyl adjacent to an activating group) is 1. The number of benzene rings is 2. The van der Waals surface area contributed by atoms with Crippen molar-refractivity contribution in [1.29, 1.82) is 0 Å². The fourth-order valence-corrected chi connectivity index (χ4v) is 4.45. The number of aryl methyl sites for hydroxylation is 1. The highest BCUT2D eigenvalue weighted by molar-refractivity contribution is 5.88. The van der Waals surface area contributed by atoms with E-state index in [0.29, 0.717) is 23.7 Å². The van der Waals surface area contributed by atoms with Crippen LogP contribution in [0.25, 0.3) is 10.8 Å². The van der Waals surface area contributed by atoms with Crippen LogP contribution in [0.5, 0.6) is 0 Å². The molecule has 3 aromatic rings. The van der Waals surface area contributed by atoms with Gasteiger partial charge in [0.05, 0.1) is 17.5 Å². The van der Waals surface area contributed by atoms with Crippen LogP contribution in [0.3, 0.4) is 0 Å². The van der Waals surface area contributed by atoms with Gasteiger partial charge in [-0.15, -0.1) is 0 Å². The zero-order valence-corrected chi connectivity index (χ0v) is 18.8. The van der Waals surface area contributed by atoms with Crippen molar-refractivity contribution in [3.05, 3.63) is 76.2 Å². The quantitative estimate of drug-likeness (QED) is 0.577. The molecule has 0 saturated carbocycles. The van der Waals surface area contributed by atoms with Crippen molar-refractivity contribution in [2.45, 2.75) is 18.9 Å². The molecular weight excluding hydrogens is 402 g/mol. The van der Waals surface area contributed by atoms with Gasteiger partial charge in [0.25, 0.3) is 5.56 Å². The molecule has 168 valence electrons. The highest BCUT2D eigenvalue weighted by Gasteiger charge is 2.26. The van der Waals surface area contributed by atoms with Crippen LogP contribution < -0.4 is 10.9 Å². The summed E-state index contributed by atoms with van der Waals surface area (Å²) in [6.07, 6.45) is 1.05. The van der Waals surface area contributed by atoms with Gasteiger partial charge < -0.3 is 10.2 Å². The highest BCUT2D eigenvalue weighted by Crippen LogP contribution is 2.24. The Balaban J connectivity index is 1.32. The van der Waals surface area contributed by atoms with Gasteiger partial charge in [-0.25, -0.2) is 4.68 Å². The molecule has 7 nitrogen and oxygen atoms in total. The van der Waals surface area contributed by atoms with E-state index < -0.39 is 0 Å². The second-order valence-electron chi connectivity index (χ2n) is 8.53. The van der Waals surface area contributed by atoms with Gasteiger partial charge in [-0.05, 0) is 25.1 Å². The first kappa shape index (κ1) is 22.2. The highest BCUT2D eigenvalue weighted by atomic mass is 16.1. The van der Waals surface area contributed by atoms with E-state index in [2.05, 4.69) is 57.6 Å². The number of fused-ring (bicyclic) bond motifs is 1. The number of nitrogens with one attached hydrogen (secondary N) is 1. The zero-order chi connectivity index (χ0) is 22.5. The van der Waals surface area contributed by atoms with E-state index in [0.717, 1.165) is 38.0 Å². The number of hydrogen-bond acceptors (Lipinski definition) is 5. The SMILES string of the molecule is CN1CCN(CCCNC(=O)Cc2nn(C)c(=O)c3ccccc23)C(c2ccccc2)C1. The molecule has 0 spiro atoms. The molecule has 1 saturated heterocycles. The molecule has 1 amide bonds. The fraction of sp³-hybridized carbons (Fsp3) is 0.400. The third-order valence-corrected chi connectivity index (χ3v) is 6.18. The number of hydrogen-bond donors (Lipinski definition) is 1. The number of carbonyl (C=O) groups is 1. The maximum Gasteiger partial charge on any atom is 0.274 e. The molecule has 0 radical (unpaired) electrons. The van der Waals surface area contributed by atoms with Crippen LogP contribution >= 0.6 is 0 Å². The summed E-state index contributed by atoms with van der Waals surface area (Å²) in [5.41, 5.74) is 1.82. The molecule has 4 rings (SSSR count). The van der Waals surface area contributed by atoms with Gasteiger partial charge in [0, 0.05) is 51.2 Å². The summed E-state index contributed by atoms with van der Waals surface area (Å²) >= 11 is 0. The molecule has 1 atom stereocenters. The van der Waals surface area contributed by atoms with E-state index in [1.807, 2.05) is 18.2 Å². The lowest BCUT2D eigenvalue weighted by Gasteiger charge is -2.40. The second kappa shape index (κ2) is 10.1. The molecule has 2 heterocycles. The number of aromatic nitrogens is 2. The van der Waals surface area contributed by atoms with Crippen LogP contribution in [-0.2, 0) is 18.3 Å². The molecule has 32 heavy (non-hydrogen) atoms. The van der Waals surface area contributed by atoms with Gasteiger partial charge in [0.1, 0.15) is 0 Å². The van der Waals surface area contributed by atoms with E-state index in [1.54, 1.807) is 13.1 Å². The van der Waals surface area contributed by atoms with Crippen LogP contribution in [0.1, 0.15) is 23.7 Å². The Hall–Kier alpha value is -3.03. The van der Waals surface area contributed by atoms with Gasteiger partial charge in [0.15, 0.2) is 0 Å². The standard InChI is InChI=1S/C25H31N5O2/c1-28-15-16-30(23(18-28)19-9-4-3-5-10-19)14-8-13-26-24(31)17-22-20-11-6-7-12-21(20)25(32)29(2)27-22/h3-7,9-12,23H,8,13-18H2,1-2H3,(H,26,31). The second-order valence-corrected chi connectivity index (χ2v) is 8.53. The van der Waals surface area contributed by atoms with Gasteiger partial charge in [-0.3, -0.25) is 14.5 Å². The minimum absolute atomic E-state index is 0.0701. The minimum Gasteiger partial charge on any atom is -0.356 e. The molecule has 1 N–H and O–H groups in total. The Morgan fingerprint density at radius 3 is 2.53 bits per heavy atom. The van der Waals surface area contributed by atoms with Gasteiger partial charge in [0.2, 0.25) is 5.91 Å². The average molecular weight is 434 g/mol. The Morgan fingerprint density at radius 2 is 1.75 bits per heavy atom. The predicted molar refractivity (Wildman–Crippen MR) is 127 cm³/mol. The lowest BCUT2D eigenvalue weighted by atomic mass is 10.0. The van der Waals surface area contributed by atoms with Crippen molar-refractivity contribution in [3.8, 4) is 0 Å². The maximum absolute atomic E-state index is 12.6. The summed E-state index contributed by atoms with van der Waals surface area (Å²) in [4.78, 5) is 29.7. The molecule has 1 aliphatic heterocycles. The lowest BCUT2D eigenvalue weighted by Crippen LogP contribution is -2.47. The molecule has 1 aliphatic rings. The van der Waals surface area contributed by atoms with Gasteiger partial charge in [-0.1, -0.05) is 48.5 Å². The summed E-state index contributed by atoms with van der Waals surface area (Å²) in [5, 5.41) is 8.69. The normalized spacial score (nSPS) is 17.5. The summed E-state index contributed by atoms with van der Waals surface area (Å²) in [7, 11) is 3.79. The van der Waals surface area contributed by atoms with E-state index in [-0.39, 0.29) is 17.9 Å². The summed E-state index contributed by atoms with van der Waals surface area (Å²) < 4.78 is 1.31. The molecule has 2 aromatic carbocycles. The first-order chi connectivity index (χ1) is 15.5. The summed E-state index contributed by atoms with van der Waals surface area (Å²) in [6, 6.07) is 18.3. The van der Waals surface area contributed by atoms with Crippen LogP contribution in [0.2, 0.25) is 0 Å². The zero-order valence-electron chi connectivity index (χ0n) is 18.8. The van der Waals surface area contributed by atoms with Crippen LogP contribution in [0.15, 0.2) is 59.4 Å². The summed E-state index contributed by atoms with van der Waals surface area (Å²) in [6.45, 7) is 4.66. The number of piperazine rings is 1. The molecule has 1 fully saturated rings. The monoisotopic (exact) mass is 433 g/mol. The molecule has 1 aromatic heterocycles. The molecule has 0 aliphatic carbocycles. The van der Waals surface area contributed by atoms with Gasteiger partial charge >= 0.3 is 0 Å². The van der Waals surface area contributed by atoms with Crippen molar-refractivity contribution in [3.63, 3.8) is 0 Å². The Labute approximate surface area is 188 Å². The Bertz CT molecular complexity index is 1130. The van der Waals surface area contributed by atoms with E-state index in [1.165, 1.54) is 10.2 Å². The maximum atomic E-state index is 12.6. The minimum atomic E-state index is -0.148. The van der Waals surface area contributed by atoms with Crippen LogP contribution in [0, 0.1) is 0 Å². The lowest BCUT2D eigenvalue weighted by molar-refractivity contribution is -0.120.